The summed E-state index contributed by atoms with van der Waals surface area (Å²) < 4.78 is 16.5. The monoisotopic (exact) mass is 304 g/mol. The number of nitro benzene ring substituents is 1. The molecule has 110 valence electrons. The predicted octanol–water partition coefficient (Wildman–Crippen LogP) is 0.961. The number of hydrogen-bond donors (Lipinski definition) is 3. The predicted molar refractivity (Wildman–Crippen MR) is 68.6 cm³/mol. The Morgan fingerprint density at radius 2 is 2.00 bits per heavy atom. The van der Waals surface area contributed by atoms with E-state index in [0.717, 1.165) is 12.1 Å². The summed E-state index contributed by atoms with van der Waals surface area (Å²) in [5.74, 6) is -1.30. The summed E-state index contributed by atoms with van der Waals surface area (Å²) in [7, 11) is -4.06. The molecule has 20 heavy (non-hydrogen) atoms. The molecule has 0 amide bonds. The largest absolute Gasteiger partial charge is 0.480 e. The number of nitrogens with zero attached hydrogens (tertiary/aromatic N) is 1. The van der Waals surface area contributed by atoms with E-state index in [4.69, 9.17) is 15.4 Å². The van der Waals surface area contributed by atoms with Gasteiger partial charge in [0.2, 0.25) is 0 Å². The van der Waals surface area contributed by atoms with Crippen molar-refractivity contribution >= 4 is 19.3 Å². The highest BCUT2D eigenvalue weighted by molar-refractivity contribution is 7.53. The van der Waals surface area contributed by atoms with Crippen molar-refractivity contribution < 1.29 is 28.8 Å². The maximum Gasteiger partial charge on any atom is 0.376 e. The van der Waals surface area contributed by atoms with E-state index in [1.54, 1.807) is 0 Å². The Morgan fingerprint density at radius 3 is 2.45 bits per heavy atom. The SMILES string of the molecule is NC(CCP(=O)(O)Oc1ccc([N+](=O)[O-])cc1)C(=O)O. The molecule has 0 saturated carbocycles. The minimum Gasteiger partial charge on any atom is -0.480 e. The molecule has 0 aromatic heterocycles. The van der Waals surface area contributed by atoms with Crippen molar-refractivity contribution in [2.75, 3.05) is 6.16 Å². The molecule has 2 atom stereocenters. The average Bonchev–Trinajstić information content (AvgIpc) is 2.36. The lowest BCUT2D eigenvalue weighted by Gasteiger charge is -2.14. The van der Waals surface area contributed by atoms with Crippen molar-refractivity contribution in [3.8, 4) is 5.75 Å². The number of carbonyl (C=O) groups is 1. The standard InChI is InChI=1S/C10H13N2O7P/c11-9(10(13)14)5-6-20(17,18)19-8-3-1-7(2-4-8)12(15)16/h1-4,9H,5-6,11H2,(H,13,14)(H,17,18). The highest BCUT2D eigenvalue weighted by atomic mass is 31.2. The van der Waals surface area contributed by atoms with E-state index in [-0.39, 0.29) is 17.9 Å². The zero-order chi connectivity index (χ0) is 15.3. The van der Waals surface area contributed by atoms with Crippen molar-refractivity contribution in [3.05, 3.63) is 34.4 Å². The Kier molecular flexibility index (Phi) is 5.20. The lowest BCUT2D eigenvalue weighted by Crippen LogP contribution is -2.31. The maximum atomic E-state index is 11.7. The summed E-state index contributed by atoms with van der Waals surface area (Å²) >= 11 is 0. The van der Waals surface area contributed by atoms with E-state index in [9.17, 15) is 24.4 Å². The van der Waals surface area contributed by atoms with Crippen LogP contribution in [0, 0.1) is 10.1 Å². The molecule has 0 radical (unpaired) electrons. The Balaban J connectivity index is 2.64. The molecule has 0 aliphatic rings. The lowest BCUT2D eigenvalue weighted by molar-refractivity contribution is -0.384. The number of carboxylic acids is 1. The molecule has 1 aromatic rings. The average molecular weight is 304 g/mol. The van der Waals surface area contributed by atoms with Gasteiger partial charge in [0.25, 0.3) is 5.69 Å². The highest BCUT2D eigenvalue weighted by Crippen LogP contribution is 2.43. The van der Waals surface area contributed by atoms with Crippen LogP contribution in [0.5, 0.6) is 5.75 Å². The second kappa shape index (κ2) is 6.47. The Bertz CT molecular complexity index is 545. The molecule has 10 heteroatoms. The van der Waals surface area contributed by atoms with Crippen molar-refractivity contribution in [1.29, 1.82) is 0 Å². The molecule has 0 spiro atoms. The number of nitro groups is 1. The van der Waals surface area contributed by atoms with Crippen LogP contribution >= 0.6 is 7.60 Å². The van der Waals surface area contributed by atoms with Gasteiger partial charge < -0.3 is 20.3 Å². The molecule has 0 heterocycles. The van der Waals surface area contributed by atoms with E-state index in [0.29, 0.717) is 0 Å². The normalized spacial score (nSPS) is 15.1. The summed E-state index contributed by atoms with van der Waals surface area (Å²) in [5.41, 5.74) is 5.03. The highest BCUT2D eigenvalue weighted by Gasteiger charge is 2.24. The van der Waals surface area contributed by atoms with Crippen molar-refractivity contribution in [2.24, 2.45) is 5.73 Å². The molecule has 1 rings (SSSR count). The molecule has 2 unspecified atom stereocenters. The van der Waals surface area contributed by atoms with Crippen LogP contribution in [-0.2, 0) is 9.36 Å². The zero-order valence-corrected chi connectivity index (χ0v) is 11.1. The first-order valence-electron chi connectivity index (χ1n) is 5.45. The molecule has 0 saturated heterocycles. The third-order valence-corrected chi connectivity index (χ3v) is 3.65. The number of nitrogens with two attached hydrogens (primary N) is 1. The van der Waals surface area contributed by atoms with Crippen molar-refractivity contribution in [2.45, 2.75) is 12.5 Å². The van der Waals surface area contributed by atoms with Gasteiger partial charge in [0.1, 0.15) is 11.8 Å². The number of rotatable bonds is 7. The van der Waals surface area contributed by atoms with Gasteiger partial charge in [0, 0.05) is 12.1 Å². The van der Waals surface area contributed by atoms with E-state index in [2.05, 4.69) is 0 Å². The Morgan fingerprint density at radius 1 is 1.45 bits per heavy atom. The first-order chi connectivity index (χ1) is 9.21. The molecule has 0 aliphatic heterocycles. The molecule has 4 N–H and O–H groups in total. The third-order valence-electron chi connectivity index (χ3n) is 2.34. The van der Waals surface area contributed by atoms with Crippen LogP contribution in [0.25, 0.3) is 0 Å². The van der Waals surface area contributed by atoms with Crippen LogP contribution in [0.15, 0.2) is 24.3 Å². The number of benzene rings is 1. The van der Waals surface area contributed by atoms with Gasteiger partial charge in [-0.15, -0.1) is 0 Å². The van der Waals surface area contributed by atoms with Crippen LogP contribution in [0.1, 0.15) is 6.42 Å². The van der Waals surface area contributed by atoms with Crippen LogP contribution < -0.4 is 10.3 Å². The van der Waals surface area contributed by atoms with Crippen LogP contribution in [0.3, 0.4) is 0 Å². The summed E-state index contributed by atoms with van der Waals surface area (Å²) in [4.78, 5) is 29.8. The van der Waals surface area contributed by atoms with Gasteiger partial charge in [-0.1, -0.05) is 0 Å². The van der Waals surface area contributed by atoms with Gasteiger partial charge in [-0.25, -0.2) is 4.57 Å². The lowest BCUT2D eigenvalue weighted by atomic mass is 10.2. The number of hydrogen-bond acceptors (Lipinski definition) is 6. The van der Waals surface area contributed by atoms with Gasteiger partial charge in [-0.05, 0) is 18.6 Å². The van der Waals surface area contributed by atoms with Crippen LogP contribution in [-0.4, -0.2) is 33.1 Å². The fraction of sp³-hybridized carbons (Fsp3) is 0.300. The van der Waals surface area contributed by atoms with Crippen molar-refractivity contribution in [3.63, 3.8) is 0 Å². The smallest absolute Gasteiger partial charge is 0.376 e. The summed E-state index contributed by atoms with van der Waals surface area (Å²) in [6.45, 7) is 0. The minimum atomic E-state index is -4.06. The van der Waals surface area contributed by atoms with E-state index in [1.807, 2.05) is 0 Å². The van der Waals surface area contributed by atoms with Crippen LogP contribution in [0.2, 0.25) is 0 Å². The molecule has 9 nitrogen and oxygen atoms in total. The molecule has 0 aliphatic carbocycles. The summed E-state index contributed by atoms with van der Waals surface area (Å²) in [5, 5.41) is 19.0. The van der Waals surface area contributed by atoms with E-state index < -0.39 is 30.7 Å². The Labute approximate surface area is 113 Å². The first-order valence-corrected chi connectivity index (χ1v) is 7.22. The fourth-order valence-corrected chi connectivity index (χ4v) is 2.41. The summed E-state index contributed by atoms with van der Waals surface area (Å²) in [6.07, 6.45) is -0.659. The number of non-ortho nitro benzene ring substituents is 1. The third kappa shape index (κ3) is 4.96. The first kappa shape index (κ1) is 16.1. The maximum absolute atomic E-state index is 11.7. The second-order valence-corrected chi connectivity index (χ2v) is 5.84. The molecular formula is C10H13N2O7P. The van der Waals surface area contributed by atoms with E-state index >= 15 is 0 Å². The molecule has 0 fully saturated rings. The molecular weight excluding hydrogens is 291 g/mol. The minimum absolute atomic E-state index is 0.0228. The van der Waals surface area contributed by atoms with Gasteiger partial charge in [-0.3, -0.25) is 14.9 Å². The zero-order valence-electron chi connectivity index (χ0n) is 10.2. The molecule has 1 aromatic carbocycles. The fourth-order valence-electron chi connectivity index (χ4n) is 1.26. The number of aliphatic carboxylic acids is 1. The molecule has 0 bridgehead atoms. The number of carboxylic acid groups (broad SMARTS) is 1. The van der Waals surface area contributed by atoms with Gasteiger partial charge >= 0.3 is 13.6 Å². The van der Waals surface area contributed by atoms with Crippen molar-refractivity contribution in [1.82, 2.24) is 0 Å². The van der Waals surface area contributed by atoms with Crippen LogP contribution in [0.4, 0.5) is 5.69 Å². The van der Waals surface area contributed by atoms with Gasteiger partial charge in [-0.2, -0.15) is 0 Å². The second-order valence-electron chi connectivity index (χ2n) is 3.94. The Hall–Kier alpha value is -1.96. The quantitative estimate of drug-likeness (QED) is 0.382. The van der Waals surface area contributed by atoms with E-state index in [1.165, 1.54) is 12.1 Å². The summed E-state index contributed by atoms with van der Waals surface area (Å²) in [6, 6.07) is 3.35. The van der Waals surface area contributed by atoms with Gasteiger partial charge in [0.15, 0.2) is 0 Å². The topological polar surface area (TPSA) is 153 Å². The van der Waals surface area contributed by atoms with Gasteiger partial charge in [0.05, 0.1) is 11.1 Å².